The average Bonchev–Trinajstić information content (AvgIpc) is 2.40. The van der Waals surface area contributed by atoms with Gasteiger partial charge in [-0.2, -0.15) is 0 Å². The smallest absolute Gasteiger partial charge is 0.550 e. The Morgan fingerprint density at radius 3 is 0.824 bits per heavy atom. The van der Waals surface area contributed by atoms with E-state index in [0.29, 0.717) is 0 Å². The van der Waals surface area contributed by atoms with Gasteiger partial charge in [0.05, 0.1) is 6.04 Å². The van der Waals surface area contributed by atoms with E-state index in [0.717, 1.165) is 48.5 Å². The van der Waals surface area contributed by atoms with Gasteiger partial charge in [-0.1, -0.05) is 0 Å². The molecule has 0 saturated heterocycles. The van der Waals surface area contributed by atoms with Crippen molar-refractivity contribution in [1.82, 2.24) is 0 Å². The van der Waals surface area contributed by atoms with Crippen LogP contribution in [0.15, 0.2) is 0 Å². The van der Waals surface area contributed by atoms with Crippen LogP contribution in [0.25, 0.3) is 0 Å². The molecule has 0 aromatic rings. The standard InChI is InChI=1S/C8H12O8Si.4C2H4O2.Si/c1-5(9)14-17(4-8(12)13,15-6(2)10)16-7(3)11;4*1-2(3)4;/h4H2,1-3H3,(H,12,13);4*1H3,(H,3,4);/q;;;;;+4/p-4. The van der Waals surface area contributed by atoms with E-state index >= 15 is 0 Å². The zero-order valence-electron chi connectivity index (χ0n) is 19.3. The van der Waals surface area contributed by atoms with Gasteiger partial charge in [-0.05, 0) is 20.8 Å². The summed E-state index contributed by atoms with van der Waals surface area (Å²) in [5.74, 6) is -8.54. The Bertz CT molecular complexity index is 555. The van der Waals surface area contributed by atoms with Crippen LogP contribution in [0.4, 0.5) is 0 Å². The Morgan fingerprint density at radius 2 is 0.735 bits per heavy atom. The van der Waals surface area contributed by atoms with Crippen molar-refractivity contribution in [3.63, 3.8) is 0 Å². The van der Waals surface area contributed by atoms with Crippen LogP contribution in [0.1, 0.15) is 48.5 Å². The van der Waals surface area contributed by atoms with Crippen molar-refractivity contribution in [2.45, 2.75) is 54.5 Å². The molecular formula is C16H24O16Si2. The van der Waals surface area contributed by atoms with Gasteiger partial charge in [-0.25, -0.2) is 0 Å². The van der Waals surface area contributed by atoms with Crippen molar-refractivity contribution in [2.24, 2.45) is 0 Å². The summed E-state index contributed by atoms with van der Waals surface area (Å²) in [5.41, 5.74) is 0. The van der Waals surface area contributed by atoms with Crippen molar-refractivity contribution in [2.75, 3.05) is 0 Å². The molecule has 0 aliphatic carbocycles. The third kappa shape index (κ3) is 79.5. The molecule has 0 aliphatic rings. The molecular weight excluding hydrogens is 504 g/mol. The number of hydrogen-bond donors (Lipinski definition) is 1. The third-order valence-corrected chi connectivity index (χ3v) is 3.78. The molecule has 0 aromatic carbocycles. The van der Waals surface area contributed by atoms with Crippen LogP contribution < -0.4 is 20.4 Å². The number of carbonyl (C=O) groups excluding carboxylic acids is 7. The van der Waals surface area contributed by atoms with Gasteiger partial charge >= 0.3 is 19.8 Å². The van der Waals surface area contributed by atoms with Gasteiger partial charge in [-0.3, -0.25) is 19.2 Å². The Morgan fingerprint density at radius 1 is 0.588 bits per heavy atom. The zero-order chi connectivity index (χ0) is 27.9. The van der Waals surface area contributed by atoms with Crippen molar-refractivity contribution < 1.29 is 77.2 Å². The molecule has 0 unspecified atom stereocenters. The minimum atomic E-state index is -4.26. The molecule has 0 aliphatic heterocycles. The fourth-order valence-corrected chi connectivity index (χ4v) is 3.01. The third-order valence-electron chi connectivity index (χ3n) is 1.26. The van der Waals surface area contributed by atoms with Crippen LogP contribution in [-0.2, 0) is 51.6 Å². The summed E-state index contributed by atoms with van der Waals surface area (Å²) in [6.07, 6.45) is 0. The largest absolute Gasteiger partial charge is 4.00 e. The summed E-state index contributed by atoms with van der Waals surface area (Å²) >= 11 is 0. The number of rotatable bonds is 5. The first-order chi connectivity index (χ1) is 14.6. The minimum Gasteiger partial charge on any atom is -0.550 e. The summed E-state index contributed by atoms with van der Waals surface area (Å²) in [4.78, 5) is 78.6. The van der Waals surface area contributed by atoms with Gasteiger partial charge in [0, 0.05) is 51.6 Å². The fourth-order valence-electron chi connectivity index (χ4n) is 1.00. The number of carboxylic acid groups (broad SMARTS) is 5. The fraction of sp³-hybridized carbons (Fsp3) is 0.500. The second kappa shape index (κ2) is 25.5. The van der Waals surface area contributed by atoms with Crippen molar-refractivity contribution in [3.05, 3.63) is 0 Å². The van der Waals surface area contributed by atoms with E-state index in [1.165, 1.54) is 0 Å². The Balaban J connectivity index is -0.0000000939. The molecule has 192 valence electrons. The Kier molecular flexibility index (Phi) is 32.9. The van der Waals surface area contributed by atoms with E-state index in [1.54, 1.807) is 0 Å². The van der Waals surface area contributed by atoms with E-state index in [4.69, 9.17) is 39.6 Å². The van der Waals surface area contributed by atoms with Gasteiger partial charge < -0.3 is 58.0 Å². The monoisotopic (exact) mass is 528 g/mol. The number of carboxylic acids is 5. The second-order valence-corrected chi connectivity index (χ2v) is 7.34. The zero-order valence-corrected chi connectivity index (χ0v) is 21.3. The number of aliphatic carboxylic acids is 5. The van der Waals surface area contributed by atoms with E-state index < -0.39 is 62.6 Å². The summed E-state index contributed by atoms with van der Waals surface area (Å²) in [6, 6.07) is -0.980. The van der Waals surface area contributed by atoms with Crippen molar-refractivity contribution in [3.8, 4) is 0 Å². The first-order valence-corrected chi connectivity index (χ1v) is 10.0. The summed E-state index contributed by atoms with van der Waals surface area (Å²) < 4.78 is 13.7. The van der Waals surface area contributed by atoms with Gasteiger partial charge in [0.25, 0.3) is 23.9 Å². The molecule has 0 rings (SSSR count). The van der Waals surface area contributed by atoms with Crippen LogP contribution in [0.2, 0.25) is 6.04 Å². The normalized spacial score (nSPS) is 8.09. The van der Waals surface area contributed by atoms with Gasteiger partial charge in [0.2, 0.25) is 0 Å². The minimum absolute atomic E-state index is 0. The molecule has 16 nitrogen and oxygen atoms in total. The van der Waals surface area contributed by atoms with Crippen LogP contribution in [0.3, 0.4) is 0 Å². The number of carbonyl (C=O) groups is 8. The summed E-state index contributed by atoms with van der Waals surface area (Å²) in [7, 11) is -4.26. The molecule has 0 bridgehead atoms. The maximum absolute atomic E-state index is 10.8. The topological polar surface area (TPSA) is 277 Å². The van der Waals surface area contributed by atoms with E-state index in [1.807, 2.05) is 0 Å². The molecule has 0 saturated carbocycles. The van der Waals surface area contributed by atoms with Crippen molar-refractivity contribution in [1.29, 1.82) is 0 Å². The maximum Gasteiger partial charge on any atom is 4.00 e. The van der Waals surface area contributed by atoms with Crippen LogP contribution >= 0.6 is 0 Å². The van der Waals surface area contributed by atoms with Crippen LogP contribution in [-0.4, -0.2) is 72.6 Å². The Labute approximate surface area is 199 Å². The molecule has 0 heterocycles. The van der Waals surface area contributed by atoms with Gasteiger partial charge in [0.1, 0.15) is 0 Å². The molecule has 0 amide bonds. The van der Waals surface area contributed by atoms with Crippen LogP contribution in [0, 0.1) is 0 Å². The molecule has 0 aromatic heterocycles. The molecule has 0 atom stereocenters. The molecule has 34 heavy (non-hydrogen) atoms. The molecule has 1 N–H and O–H groups in total. The Hall–Kier alpha value is -3.81. The summed E-state index contributed by atoms with van der Waals surface area (Å²) in [6.45, 7) is 6.89. The predicted molar refractivity (Wildman–Crippen MR) is 102 cm³/mol. The van der Waals surface area contributed by atoms with Crippen molar-refractivity contribution >= 4 is 67.5 Å². The maximum atomic E-state index is 10.8. The molecule has 0 spiro atoms. The first-order valence-electron chi connectivity index (χ1n) is 8.10. The van der Waals surface area contributed by atoms with Gasteiger partial charge in [0.15, 0.2) is 0 Å². The second-order valence-electron chi connectivity index (χ2n) is 5.01. The molecule has 18 heteroatoms. The average molecular weight is 529 g/mol. The number of hydrogen-bond acceptors (Lipinski definition) is 15. The quantitative estimate of drug-likeness (QED) is 0.325. The summed E-state index contributed by atoms with van der Waals surface area (Å²) in [5, 5.41) is 44.6. The first kappa shape index (κ1) is 44.0. The predicted octanol–water partition coefficient (Wildman–Crippen LogP) is -5.66. The molecule has 0 radical (unpaired) electrons. The van der Waals surface area contributed by atoms with E-state index in [-0.39, 0.29) is 11.0 Å². The van der Waals surface area contributed by atoms with Gasteiger partial charge in [-0.15, -0.1) is 0 Å². The molecule has 0 fully saturated rings. The van der Waals surface area contributed by atoms with Crippen LogP contribution in [0.5, 0.6) is 0 Å². The SMILES string of the molecule is CC(=O)O.CC(=O)O[Si](CC(=O)[O-])(OC(C)=O)OC(C)=O.CC(=O)[O-].CC(=O)[O-].CC(=O)[O-].[Si+4]. The van der Waals surface area contributed by atoms with E-state index in [9.17, 15) is 24.3 Å². The van der Waals surface area contributed by atoms with E-state index in [2.05, 4.69) is 13.3 Å².